The molecule has 6 nitrogen and oxygen atoms in total. The van der Waals surface area contributed by atoms with Crippen LogP contribution in [0.1, 0.15) is 33.2 Å². The number of ketones is 1. The Morgan fingerprint density at radius 3 is 2.36 bits per heavy atom. The number of anilines is 2. The summed E-state index contributed by atoms with van der Waals surface area (Å²) in [7, 11) is 1.91. The molecule has 3 aromatic rings. The fourth-order valence-corrected chi connectivity index (χ4v) is 3.24. The number of para-hydroxylation sites is 1. The summed E-state index contributed by atoms with van der Waals surface area (Å²) in [6.07, 6.45) is 3.29. The molecule has 0 aliphatic rings. The average molecular weight is 445 g/mol. The Morgan fingerprint density at radius 2 is 1.70 bits per heavy atom. The van der Waals surface area contributed by atoms with Gasteiger partial charge in [0.1, 0.15) is 5.75 Å². The second-order valence-corrected chi connectivity index (χ2v) is 7.39. The first-order valence-electron chi connectivity index (χ1n) is 10.8. The number of amides is 1. The Morgan fingerprint density at radius 1 is 1.00 bits per heavy atom. The zero-order chi connectivity index (χ0) is 23.6. The molecule has 0 saturated heterocycles. The summed E-state index contributed by atoms with van der Waals surface area (Å²) in [4.78, 5) is 27.1. The molecule has 0 unspecified atom stereocenters. The number of ether oxygens (including phenoxy) is 1. The van der Waals surface area contributed by atoms with Gasteiger partial charge in [0.25, 0.3) is 5.91 Å². The molecular formula is C27H28N2O4. The highest BCUT2D eigenvalue weighted by Crippen LogP contribution is 2.20. The summed E-state index contributed by atoms with van der Waals surface area (Å²) in [5.41, 5.74) is 3.47. The quantitative estimate of drug-likeness (QED) is 0.351. The minimum absolute atomic E-state index is 0.0929. The lowest BCUT2D eigenvalue weighted by molar-refractivity contribution is 0.102. The molecule has 0 atom stereocenters. The van der Waals surface area contributed by atoms with Gasteiger partial charge in [0.05, 0.1) is 18.8 Å². The number of allylic oxidation sites excluding steroid dienone is 1. The molecule has 0 saturated carbocycles. The van der Waals surface area contributed by atoms with E-state index in [1.807, 2.05) is 49.2 Å². The molecule has 3 aromatic carbocycles. The van der Waals surface area contributed by atoms with Crippen molar-refractivity contribution in [2.75, 3.05) is 37.0 Å². The van der Waals surface area contributed by atoms with Crippen molar-refractivity contribution in [3.05, 3.63) is 95.6 Å². The van der Waals surface area contributed by atoms with Crippen LogP contribution in [0.4, 0.5) is 11.4 Å². The predicted octanol–water partition coefficient (Wildman–Crippen LogP) is 4.66. The molecule has 6 heteroatoms. The van der Waals surface area contributed by atoms with Gasteiger partial charge < -0.3 is 20.1 Å². The molecule has 3 rings (SSSR count). The van der Waals surface area contributed by atoms with Gasteiger partial charge in [0, 0.05) is 30.5 Å². The van der Waals surface area contributed by atoms with Crippen LogP contribution in [0.25, 0.3) is 6.08 Å². The number of likely N-dealkylation sites (N-methyl/N-ethyl adjacent to an activating group) is 1. The van der Waals surface area contributed by atoms with Crippen LogP contribution in [0.2, 0.25) is 0 Å². The van der Waals surface area contributed by atoms with Crippen molar-refractivity contribution in [2.45, 2.75) is 6.92 Å². The molecule has 0 aliphatic carbocycles. The third-order valence-electron chi connectivity index (χ3n) is 5.06. The number of hydrogen-bond donors (Lipinski definition) is 2. The standard InChI is InChI=1S/C27H28N2O4/c1-3-33-26-7-5-4-6-24(26)27(32)28-22-13-11-21(12-14-22)25(31)17-10-20-8-15-23(16-9-20)29(2)18-19-30/h4-17,30H,3,18-19H2,1-2H3,(H,28,32)/b17-10+. The lowest BCUT2D eigenvalue weighted by Crippen LogP contribution is -2.20. The van der Waals surface area contributed by atoms with Crippen LogP contribution in [-0.2, 0) is 0 Å². The molecule has 0 aliphatic heterocycles. The molecule has 0 bridgehead atoms. The topological polar surface area (TPSA) is 78.9 Å². The maximum atomic E-state index is 12.6. The highest BCUT2D eigenvalue weighted by atomic mass is 16.5. The summed E-state index contributed by atoms with van der Waals surface area (Å²) in [6, 6.07) is 21.6. The molecule has 0 radical (unpaired) electrons. The van der Waals surface area contributed by atoms with Crippen molar-refractivity contribution in [3.63, 3.8) is 0 Å². The number of aliphatic hydroxyl groups is 1. The molecule has 0 aromatic heterocycles. The van der Waals surface area contributed by atoms with Crippen molar-refractivity contribution in [2.24, 2.45) is 0 Å². The monoisotopic (exact) mass is 444 g/mol. The molecule has 1 amide bonds. The van der Waals surface area contributed by atoms with Crippen molar-refractivity contribution < 1.29 is 19.4 Å². The van der Waals surface area contributed by atoms with Crippen molar-refractivity contribution in [3.8, 4) is 5.75 Å². The maximum absolute atomic E-state index is 12.6. The normalized spacial score (nSPS) is 10.8. The van der Waals surface area contributed by atoms with E-state index >= 15 is 0 Å². The molecule has 0 heterocycles. The van der Waals surface area contributed by atoms with Gasteiger partial charge in [0.15, 0.2) is 5.78 Å². The number of benzene rings is 3. The lowest BCUT2D eigenvalue weighted by atomic mass is 10.1. The first kappa shape index (κ1) is 23.8. The van der Waals surface area contributed by atoms with Gasteiger partial charge >= 0.3 is 0 Å². The number of nitrogens with one attached hydrogen (secondary N) is 1. The summed E-state index contributed by atoms with van der Waals surface area (Å²) in [5.74, 6) is 0.129. The first-order valence-corrected chi connectivity index (χ1v) is 10.8. The second kappa shape index (κ2) is 11.6. The van der Waals surface area contributed by atoms with Crippen LogP contribution in [-0.4, -0.2) is 43.6 Å². The van der Waals surface area contributed by atoms with E-state index in [2.05, 4.69) is 5.32 Å². The van der Waals surface area contributed by atoms with Crippen LogP contribution < -0.4 is 15.0 Å². The van der Waals surface area contributed by atoms with E-state index in [9.17, 15) is 9.59 Å². The summed E-state index contributed by atoms with van der Waals surface area (Å²) in [5, 5.41) is 11.9. The molecule has 0 spiro atoms. The number of aliphatic hydroxyl groups excluding tert-OH is 1. The van der Waals surface area contributed by atoms with Crippen LogP contribution in [0, 0.1) is 0 Å². The first-order chi connectivity index (χ1) is 16.0. The molecule has 2 N–H and O–H groups in total. The Balaban J connectivity index is 1.61. The molecule has 0 fully saturated rings. The van der Waals surface area contributed by atoms with Gasteiger partial charge in [-0.1, -0.05) is 30.3 Å². The minimum atomic E-state index is -0.272. The van der Waals surface area contributed by atoms with E-state index in [4.69, 9.17) is 9.84 Å². The number of nitrogens with zero attached hydrogens (tertiary/aromatic N) is 1. The third kappa shape index (κ3) is 6.54. The smallest absolute Gasteiger partial charge is 0.259 e. The van der Waals surface area contributed by atoms with Crippen LogP contribution in [0.5, 0.6) is 5.75 Å². The highest BCUT2D eigenvalue weighted by Gasteiger charge is 2.12. The van der Waals surface area contributed by atoms with E-state index in [1.165, 1.54) is 6.08 Å². The minimum Gasteiger partial charge on any atom is -0.493 e. The van der Waals surface area contributed by atoms with Gasteiger partial charge in [-0.15, -0.1) is 0 Å². The Labute approximate surface area is 194 Å². The van der Waals surface area contributed by atoms with Gasteiger partial charge in [-0.3, -0.25) is 9.59 Å². The highest BCUT2D eigenvalue weighted by molar-refractivity contribution is 6.08. The molecule has 33 heavy (non-hydrogen) atoms. The van der Waals surface area contributed by atoms with Crippen molar-refractivity contribution in [1.82, 2.24) is 0 Å². The Bertz CT molecular complexity index is 1110. The molecular weight excluding hydrogens is 416 g/mol. The van der Waals surface area contributed by atoms with Crippen molar-refractivity contribution in [1.29, 1.82) is 0 Å². The van der Waals surface area contributed by atoms with E-state index in [1.54, 1.807) is 48.5 Å². The maximum Gasteiger partial charge on any atom is 0.259 e. The van der Waals surface area contributed by atoms with Crippen molar-refractivity contribution >= 4 is 29.1 Å². The van der Waals surface area contributed by atoms with E-state index in [-0.39, 0.29) is 18.3 Å². The summed E-state index contributed by atoms with van der Waals surface area (Å²) >= 11 is 0. The predicted molar refractivity (Wildman–Crippen MR) is 132 cm³/mol. The van der Waals surface area contributed by atoms with Crippen LogP contribution >= 0.6 is 0 Å². The zero-order valence-electron chi connectivity index (χ0n) is 18.8. The third-order valence-corrected chi connectivity index (χ3v) is 5.06. The summed E-state index contributed by atoms with van der Waals surface area (Å²) < 4.78 is 5.51. The number of hydrogen-bond acceptors (Lipinski definition) is 5. The second-order valence-electron chi connectivity index (χ2n) is 7.39. The number of carbonyl (C=O) groups excluding carboxylic acids is 2. The largest absolute Gasteiger partial charge is 0.493 e. The number of rotatable bonds is 10. The Hall–Kier alpha value is -3.90. The van der Waals surface area contributed by atoms with Crippen LogP contribution in [0.15, 0.2) is 78.9 Å². The fourth-order valence-electron chi connectivity index (χ4n) is 3.24. The lowest BCUT2D eigenvalue weighted by Gasteiger charge is -2.17. The van der Waals surface area contributed by atoms with Gasteiger partial charge in [-0.25, -0.2) is 0 Å². The Kier molecular flexibility index (Phi) is 8.38. The van der Waals surface area contributed by atoms with E-state index in [0.717, 1.165) is 11.3 Å². The van der Waals surface area contributed by atoms with Crippen LogP contribution in [0.3, 0.4) is 0 Å². The van der Waals surface area contributed by atoms with Gasteiger partial charge in [-0.2, -0.15) is 0 Å². The van der Waals surface area contributed by atoms with Gasteiger partial charge in [-0.05, 0) is 67.1 Å². The number of carbonyl (C=O) groups is 2. The van der Waals surface area contributed by atoms with Gasteiger partial charge in [0.2, 0.25) is 0 Å². The van der Waals surface area contributed by atoms with E-state index < -0.39 is 0 Å². The average Bonchev–Trinajstić information content (AvgIpc) is 2.84. The molecule has 170 valence electrons. The fraction of sp³-hybridized carbons (Fsp3) is 0.185. The zero-order valence-corrected chi connectivity index (χ0v) is 18.8. The van der Waals surface area contributed by atoms with E-state index in [0.29, 0.717) is 35.7 Å². The SMILES string of the molecule is CCOc1ccccc1C(=O)Nc1ccc(C(=O)/C=C/c2ccc(N(C)CCO)cc2)cc1. The summed E-state index contributed by atoms with van der Waals surface area (Å²) in [6.45, 7) is 2.99.